The minimum Gasteiger partial charge on any atom is -0.391 e. The molecular formula is C24H27FN4O3. The third-order valence-corrected chi connectivity index (χ3v) is 5.68. The lowest BCUT2D eigenvalue weighted by molar-refractivity contribution is 0.00204. The molecule has 1 aliphatic heterocycles. The van der Waals surface area contributed by atoms with Crippen LogP contribution >= 0.6 is 0 Å². The Hall–Kier alpha value is -3.23. The number of hydrogen-bond donors (Lipinski definition) is 2. The summed E-state index contributed by atoms with van der Waals surface area (Å²) in [5, 5.41) is 4.72. The van der Waals surface area contributed by atoms with Gasteiger partial charge in [-0.15, -0.1) is 0 Å². The summed E-state index contributed by atoms with van der Waals surface area (Å²) in [6.07, 6.45) is 2.89. The molecule has 7 nitrogen and oxygen atoms in total. The Bertz CT molecular complexity index is 1100. The Kier molecular flexibility index (Phi) is 6.82. The molecule has 1 amide bonds. The zero-order chi connectivity index (χ0) is 22.5. The quantitative estimate of drug-likeness (QED) is 0.578. The summed E-state index contributed by atoms with van der Waals surface area (Å²) in [4.78, 5) is 17.4. The molecule has 3 N–H and O–H groups in total. The first-order chi connectivity index (χ1) is 15.5. The van der Waals surface area contributed by atoms with Gasteiger partial charge in [-0.25, -0.2) is 14.2 Å². The average molecular weight is 439 g/mol. The van der Waals surface area contributed by atoms with E-state index in [0.29, 0.717) is 24.1 Å². The number of amides is 1. The summed E-state index contributed by atoms with van der Waals surface area (Å²) in [5.74, 6) is -0.102. The molecule has 0 spiro atoms. The van der Waals surface area contributed by atoms with Crippen LogP contribution in [0.5, 0.6) is 5.88 Å². The number of piperidine rings is 1. The maximum absolute atomic E-state index is 14.6. The highest BCUT2D eigenvalue weighted by molar-refractivity contribution is 5.90. The molecule has 2 heterocycles. The van der Waals surface area contributed by atoms with Crippen molar-refractivity contribution in [3.05, 3.63) is 65.6 Å². The van der Waals surface area contributed by atoms with Crippen molar-refractivity contribution >= 4 is 22.6 Å². The number of nitrogens with two attached hydrogens (primary N) is 1. The minimum atomic E-state index is -0.914. The standard InChI is InChI=1S/C24H27FN4O3/c1-29-10-7-20(8-11-29)31-15-16-2-3-18(22(25)12-16)14-28-19-4-5-21-17(13-19)6-9-27-23(21)32-24(26)30/h2-6,9,12-13,20,28H,7-8,10-11,14-15H2,1H3,(H2,26,30). The van der Waals surface area contributed by atoms with Gasteiger partial charge in [-0.05, 0) is 61.2 Å². The first-order valence-electron chi connectivity index (χ1n) is 10.7. The zero-order valence-corrected chi connectivity index (χ0v) is 18.0. The molecule has 4 rings (SSSR count). The fourth-order valence-electron chi connectivity index (χ4n) is 3.82. The summed E-state index contributed by atoms with van der Waals surface area (Å²) in [5.41, 5.74) is 7.30. The highest BCUT2D eigenvalue weighted by atomic mass is 19.1. The van der Waals surface area contributed by atoms with Crippen molar-refractivity contribution in [2.75, 3.05) is 25.5 Å². The van der Waals surface area contributed by atoms with Crippen molar-refractivity contribution < 1.29 is 18.7 Å². The number of nitrogens with zero attached hydrogens (tertiary/aromatic N) is 2. The Balaban J connectivity index is 1.36. The molecule has 168 valence electrons. The topological polar surface area (TPSA) is 89.7 Å². The Morgan fingerprint density at radius 3 is 2.78 bits per heavy atom. The van der Waals surface area contributed by atoms with Crippen LogP contribution in [-0.4, -0.2) is 42.2 Å². The van der Waals surface area contributed by atoms with Crippen LogP contribution in [0.4, 0.5) is 14.9 Å². The van der Waals surface area contributed by atoms with Crippen LogP contribution in [0.1, 0.15) is 24.0 Å². The van der Waals surface area contributed by atoms with Gasteiger partial charge in [-0.1, -0.05) is 12.1 Å². The second-order valence-corrected chi connectivity index (χ2v) is 8.07. The van der Waals surface area contributed by atoms with Gasteiger partial charge in [-0.3, -0.25) is 0 Å². The first-order valence-corrected chi connectivity index (χ1v) is 10.7. The predicted octanol–water partition coefficient (Wildman–Crippen LogP) is 4.05. The number of benzene rings is 2. The van der Waals surface area contributed by atoms with E-state index in [-0.39, 0.29) is 17.8 Å². The summed E-state index contributed by atoms with van der Waals surface area (Å²) in [7, 11) is 2.11. The second-order valence-electron chi connectivity index (χ2n) is 8.07. The lowest BCUT2D eigenvalue weighted by atomic mass is 10.1. The molecule has 0 atom stereocenters. The van der Waals surface area contributed by atoms with Crippen LogP contribution in [0, 0.1) is 5.82 Å². The van der Waals surface area contributed by atoms with Crippen LogP contribution in [-0.2, 0) is 17.9 Å². The molecule has 8 heteroatoms. The SMILES string of the molecule is CN1CCC(OCc2ccc(CNc3ccc4c(OC(N)=O)nccc4c3)c(F)c2)CC1. The summed E-state index contributed by atoms with van der Waals surface area (Å²) in [6.45, 7) is 2.83. The van der Waals surface area contributed by atoms with E-state index in [9.17, 15) is 9.18 Å². The Labute approximate surface area is 186 Å². The van der Waals surface area contributed by atoms with E-state index in [4.69, 9.17) is 15.2 Å². The molecule has 0 saturated carbocycles. The van der Waals surface area contributed by atoms with E-state index in [0.717, 1.165) is 42.6 Å². The van der Waals surface area contributed by atoms with E-state index in [1.807, 2.05) is 18.2 Å². The van der Waals surface area contributed by atoms with Crippen molar-refractivity contribution in [1.82, 2.24) is 9.88 Å². The van der Waals surface area contributed by atoms with Gasteiger partial charge < -0.3 is 25.4 Å². The normalized spacial score (nSPS) is 15.1. The van der Waals surface area contributed by atoms with Gasteiger partial charge in [0.2, 0.25) is 5.88 Å². The zero-order valence-electron chi connectivity index (χ0n) is 18.0. The van der Waals surface area contributed by atoms with Gasteiger partial charge in [0.15, 0.2) is 0 Å². The molecule has 0 radical (unpaired) electrons. The van der Waals surface area contributed by atoms with Gasteiger partial charge in [0.05, 0.1) is 12.7 Å². The smallest absolute Gasteiger partial charge is 0.391 e. The summed E-state index contributed by atoms with van der Waals surface area (Å²) < 4.78 is 25.5. The van der Waals surface area contributed by atoms with Crippen LogP contribution in [0.3, 0.4) is 0 Å². The second kappa shape index (κ2) is 9.93. The highest BCUT2D eigenvalue weighted by Gasteiger charge is 2.17. The third-order valence-electron chi connectivity index (χ3n) is 5.68. The number of nitrogens with one attached hydrogen (secondary N) is 1. The molecule has 0 unspecified atom stereocenters. The van der Waals surface area contributed by atoms with Crippen molar-refractivity contribution in [3.8, 4) is 5.88 Å². The molecular weight excluding hydrogens is 411 g/mol. The van der Waals surface area contributed by atoms with E-state index >= 15 is 0 Å². The molecule has 1 saturated heterocycles. The Morgan fingerprint density at radius 1 is 1.22 bits per heavy atom. The van der Waals surface area contributed by atoms with Crippen molar-refractivity contribution in [3.63, 3.8) is 0 Å². The number of rotatable bonds is 7. The van der Waals surface area contributed by atoms with Crippen molar-refractivity contribution in [2.24, 2.45) is 5.73 Å². The van der Waals surface area contributed by atoms with Crippen LogP contribution < -0.4 is 15.8 Å². The summed E-state index contributed by atoms with van der Waals surface area (Å²) >= 11 is 0. The maximum atomic E-state index is 14.6. The molecule has 2 aromatic carbocycles. The molecule has 3 aromatic rings. The largest absolute Gasteiger partial charge is 0.411 e. The maximum Gasteiger partial charge on any atom is 0.411 e. The highest BCUT2D eigenvalue weighted by Crippen LogP contribution is 2.26. The molecule has 0 bridgehead atoms. The number of hydrogen-bond acceptors (Lipinski definition) is 6. The minimum absolute atomic E-state index is 0.158. The molecule has 1 aromatic heterocycles. The number of primary amides is 1. The lowest BCUT2D eigenvalue weighted by Crippen LogP contribution is -2.34. The molecule has 0 aliphatic carbocycles. The predicted molar refractivity (Wildman–Crippen MR) is 121 cm³/mol. The number of aromatic nitrogens is 1. The van der Waals surface area contributed by atoms with Gasteiger partial charge in [0.1, 0.15) is 5.82 Å². The lowest BCUT2D eigenvalue weighted by Gasteiger charge is -2.28. The third kappa shape index (κ3) is 5.52. The van der Waals surface area contributed by atoms with Crippen molar-refractivity contribution in [1.29, 1.82) is 0 Å². The van der Waals surface area contributed by atoms with Gasteiger partial charge in [0.25, 0.3) is 0 Å². The van der Waals surface area contributed by atoms with Gasteiger partial charge in [-0.2, -0.15) is 0 Å². The summed E-state index contributed by atoms with van der Waals surface area (Å²) in [6, 6.07) is 12.5. The van der Waals surface area contributed by atoms with Crippen LogP contribution in [0.15, 0.2) is 48.7 Å². The average Bonchev–Trinajstić information content (AvgIpc) is 2.78. The first kappa shape index (κ1) is 22.0. The fourth-order valence-corrected chi connectivity index (χ4v) is 3.82. The molecule has 1 fully saturated rings. The van der Waals surface area contributed by atoms with Crippen LogP contribution in [0.2, 0.25) is 0 Å². The number of pyridine rings is 1. The van der Waals surface area contributed by atoms with E-state index in [1.165, 1.54) is 6.20 Å². The van der Waals surface area contributed by atoms with Gasteiger partial charge >= 0.3 is 6.09 Å². The number of fused-ring (bicyclic) bond motifs is 1. The number of carbonyl (C=O) groups is 1. The van der Waals surface area contributed by atoms with Crippen LogP contribution in [0.25, 0.3) is 10.8 Å². The fraction of sp³-hybridized carbons (Fsp3) is 0.333. The monoisotopic (exact) mass is 438 g/mol. The molecule has 1 aliphatic rings. The van der Waals surface area contributed by atoms with E-state index < -0.39 is 6.09 Å². The number of ether oxygens (including phenoxy) is 2. The number of halogens is 1. The Morgan fingerprint density at radius 2 is 2.03 bits per heavy atom. The number of carbonyl (C=O) groups excluding carboxylic acids is 1. The number of anilines is 1. The molecule has 32 heavy (non-hydrogen) atoms. The van der Waals surface area contributed by atoms with Crippen molar-refractivity contribution in [2.45, 2.75) is 32.1 Å². The van der Waals surface area contributed by atoms with Gasteiger partial charge in [0, 0.05) is 42.5 Å². The number of likely N-dealkylation sites (tertiary alicyclic amines) is 1. The van der Waals surface area contributed by atoms with E-state index in [1.54, 1.807) is 24.3 Å². The van der Waals surface area contributed by atoms with E-state index in [2.05, 4.69) is 22.2 Å².